The van der Waals surface area contributed by atoms with Crippen LogP contribution in [0.5, 0.6) is 0 Å². The fourth-order valence-corrected chi connectivity index (χ4v) is 8.23. The summed E-state index contributed by atoms with van der Waals surface area (Å²) in [6.07, 6.45) is 6.00. The summed E-state index contributed by atoms with van der Waals surface area (Å²) < 4.78 is 0. The summed E-state index contributed by atoms with van der Waals surface area (Å²) in [5.41, 5.74) is 0.638. The van der Waals surface area contributed by atoms with Gasteiger partial charge in [0, 0.05) is 11.8 Å². The van der Waals surface area contributed by atoms with Gasteiger partial charge in [-0.25, -0.2) is 0 Å². The average molecular weight is 304 g/mol. The molecule has 1 N–H and O–H groups in total. The van der Waals surface area contributed by atoms with Crippen molar-refractivity contribution in [3.05, 3.63) is 0 Å². The van der Waals surface area contributed by atoms with Gasteiger partial charge >= 0.3 is 0 Å². The van der Waals surface area contributed by atoms with E-state index in [2.05, 4.69) is 34.6 Å². The number of aliphatic hydroxyl groups excluding tert-OH is 1. The number of carbonyl (C=O) groups is 1. The van der Waals surface area contributed by atoms with Crippen LogP contribution in [-0.4, -0.2) is 17.0 Å². The lowest BCUT2D eigenvalue weighted by molar-refractivity contribution is -0.158. The molecular formula is C20H32O2. The van der Waals surface area contributed by atoms with Gasteiger partial charge < -0.3 is 5.11 Å². The maximum absolute atomic E-state index is 12.9. The second-order valence-electron chi connectivity index (χ2n) is 10.3. The van der Waals surface area contributed by atoms with Crippen LogP contribution in [0.1, 0.15) is 73.1 Å². The Morgan fingerprint density at radius 3 is 2.45 bits per heavy atom. The molecule has 2 heteroatoms. The molecule has 0 aliphatic heterocycles. The van der Waals surface area contributed by atoms with E-state index in [4.69, 9.17) is 0 Å². The summed E-state index contributed by atoms with van der Waals surface area (Å²) in [6.45, 7) is 11.9. The predicted octanol–water partition coefficient (Wildman–Crippen LogP) is 4.21. The maximum atomic E-state index is 12.9. The number of hydrogen-bond donors (Lipinski definition) is 1. The minimum Gasteiger partial charge on any atom is -0.392 e. The standard InChI is InChI=1S/C20H32O2/c1-12-14(21)10-15(22)19(5)7-6-13-16-17(2,3)8-9-18(16,4)11-20(12,13)19/h12-14,16,21H,6-11H2,1-5H3/t12-,13-,14+,16+,18+,19-,20-/m0/s1. The minimum absolute atomic E-state index is 0.0544. The van der Waals surface area contributed by atoms with Gasteiger partial charge in [0.1, 0.15) is 5.78 Å². The van der Waals surface area contributed by atoms with E-state index < -0.39 is 6.10 Å². The molecule has 1 spiro atoms. The number of Topliss-reactive ketones (excluding diaryl/α,β-unsaturated/α-hetero) is 1. The van der Waals surface area contributed by atoms with Crippen LogP contribution in [-0.2, 0) is 4.79 Å². The lowest BCUT2D eigenvalue weighted by Gasteiger charge is -2.54. The molecule has 0 saturated heterocycles. The Bertz CT molecular complexity index is 538. The number of rotatable bonds is 0. The first-order valence-corrected chi connectivity index (χ1v) is 9.30. The van der Waals surface area contributed by atoms with E-state index in [1.165, 1.54) is 25.7 Å². The van der Waals surface area contributed by atoms with Crippen LogP contribution >= 0.6 is 0 Å². The van der Waals surface area contributed by atoms with Crippen molar-refractivity contribution in [2.45, 2.75) is 79.2 Å². The third-order valence-electron chi connectivity index (χ3n) is 9.08. The van der Waals surface area contributed by atoms with E-state index in [0.717, 1.165) is 12.3 Å². The molecule has 0 heterocycles. The zero-order valence-electron chi connectivity index (χ0n) is 14.9. The molecule has 22 heavy (non-hydrogen) atoms. The van der Waals surface area contributed by atoms with Gasteiger partial charge in [-0.1, -0.05) is 34.6 Å². The molecular weight excluding hydrogens is 272 g/mol. The van der Waals surface area contributed by atoms with Gasteiger partial charge in [0.15, 0.2) is 0 Å². The fourth-order valence-electron chi connectivity index (χ4n) is 8.23. The average Bonchev–Trinajstić information content (AvgIpc) is 2.94. The van der Waals surface area contributed by atoms with E-state index in [9.17, 15) is 9.90 Å². The van der Waals surface area contributed by atoms with E-state index in [1.54, 1.807) is 0 Å². The molecule has 0 radical (unpaired) electrons. The van der Waals surface area contributed by atoms with Crippen LogP contribution in [0, 0.1) is 39.4 Å². The highest BCUT2D eigenvalue weighted by atomic mass is 16.3. The molecule has 4 saturated carbocycles. The summed E-state index contributed by atoms with van der Waals surface area (Å²) in [6, 6.07) is 0. The highest BCUT2D eigenvalue weighted by molar-refractivity contribution is 5.87. The molecule has 0 aromatic heterocycles. The number of hydrogen-bond acceptors (Lipinski definition) is 2. The molecule has 0 unspecified atom stereocenters. The fraction of sp³-hybridized carbons (Fsp3) is 0.950. The zero-order chi connectivity index (χ0) is 16.1. The molecule has 4 fully saturated rings. The Kier molecular flexibility index (Phi) is 2.75. The number of ketones is 1. The summed E-state index contributed by atoms with van der Waals surface area (Å²) in [7, 11) is 0. The van der Waals surface area contributed by atoms with Gasteiger partial charge in [-0.05, 0) is 66.1 Å². The van der Waals surface area contributed by atoms with Crippen molar-refractivity contribution in [1.82, 2.24) is 0 Å². The largest absolute Gasteiger partial charge is 0.392 e. The van der Waals surface area contributed by atoms with Crippen molar-refractivity contribution >= 4 is 5.78 Å². The predicted molar refractivity (Wildman–Crippen MR) is 87.3 cm³/mol. The van der Waals surface area contributed by atoms with Crippen molar-refractivity contribution in [2.75, 3.05) is 0 Å². The molecule has 0 aromatic rings. The van der Waals surface area contributed by atoms with E-state index in [-0.39, 0.29) is 16.7 Å². The normalized spacial score (nSPS) is 59.3. The first-order chi connectivity index (χ1) is 10.1. The van der Waals surface area contributed by atoms with Gasteiger partial charge in [-0.2, -0.15) is 0 Å². The van der Waals surface area contributed by atoms with E-state index in [1.807, 2.05) is 0 Å². The monoisotopic (exact) mass is 304 g/mol. The van der Waals surface area contributed by atoms with Gasteiger partial charge in [0.05, 0.1) is 6.10 Å². The highest BCUT2D eigenvalue weighted by Crippen LogP contribution is 2.80. The molecule has 0 amide bonds. The SMILES string of the molecule is C[C@H]1[C@H](O)CC(=O)[C@]2(C)CC[C@H]3[C@@H]4C(C)(C)CC[C@]4(C)C[C@]132. The molecule has 124 valence electrons. The Balaban J connectivity index is 1.89. The number of aliphatic hydroxyl groups is 1. The summed E-state index contributed by atoms with van der Waals surface area (Å²) in [4.78, 5) is 12.9. The van der Waals surface area contributed by atoms with Crippen molar-refractivity contribution in [2.24, 2.45) is 39.4 Å². The Hall–Kier alpha value is -0.370. The van der Waals surface area contributed by atoms with Crippen LogP contribution in [0.15, 0.2) is 0 Å². The number of fused-ring (bicyclic) bond motifs is 2. The summed E-state index contributed by atoms with van der Waals surface area (Å²) in [5, 5.41) is 10.6. The van der Waals surface area contributed by atoms with Crippen molar-refractivity contribution in [1.29, 1.82) is 0 Å². The summed E-state index contributed by atoms with van der Waals surface area (Å²) >= 11 is 0. The van der Waals surface area contributed by atoms with Crippen LogP contribution in [0.3, 0.4) is 0 Å². The van der Waals surface area contributed by atoms with Crippen LogP contribution < -0.4 is 0 Å². The zero-order valence-corrected chi connectivity index (χ0v) is 14.9. The van der Waals surface area contributed by atoms with Crippen LogP contribution in [0.2, 0.25) is 0 Å². The molecule has 4 aliphatic carbocycles. The highest BCUT2D eigenvalue weighted by Gasteiger charge is 2.76. The number of carbonyl (C=O) groups excluding carboxylic acids is 1. The molecule has 4 aliphatic rings. The lowest BCUT2D eigenvalue weighted by Crippen LogP contribution is -2.56. The second-order valence-corrected chi connectivity index (χ2v) is 10.3. The third kappa shape index (κ3) is 1.41. The Morgan fingerprint density at radius 1 is 1.09 bits per heavy atom. The molecule has 0 bridgehead atoms. The second kappa shape index (κ2) is 3.99. The van der Waals surface area contributed by atoms with Crippen molar-refractivity contribution in [3.63, 3.8) is 0 Å². The van der Waals surface area contributed by atoms with E-state index >= 15 is 0 Å². The Morgan fingerprint density at radius 2 is 1.77 bits per heavy atom. The van der Waals surface area contributed by atoms with Gasteiger partial charge in [0.25, 0.3) is 0 Å². The van der Waals surface area contributed by atoms with Crippen molar-refractivity contribution in [3.8, 4) is 0 Å². The quantitative estimate of drug-likeness (QED) is 0.728. The first-order valence-electron chi connectivity index (χ1n) is 9.30. The van der Waals surface area contributed by atoms with Gasteiger partial charge in [0.2, 0.25) is 0 Å². The Labute approximate surface area is 135 Å². The van der Waals surface area contributed by atoms with Crippen LogP contribution in [0.25, 0.3) is 0 Å². The van der Waals surface area contributed by atoms with Crippen molar-refractivity contribution < 1.29 is 9.90 Å². The first kappa shape index (κ1) is 15.2. The van der Waals surface area contributed by atoms with Gasteiger partial charge in [-0.15, -0.1) is 0 Å². The topological polar surface area (TPSA) is 37.3 Å². The lowest BCUT2D eigenvalue weighted by atomic mass is 9.49. The molecule has 4 rings (SSSR count). The van der Waals surface area contributed by atoms with Gasteiger partial charge in [-0.3, -0.25) is 4.79 Å². The third-order valence-corrected chi connectivity index (χ3v) is 9.08. The maximum Gasteiger partial charge on any atom is 0.141 e. The smallest absolute Gasteiger partial charge is 0.141 e. The molecule has 7 atom stereocenters. The minimum atomic E-state index is -0.424. The molecule has 0 aromatic carbocycles. The van der Waals surface area contributed by atoms with E-state index in [0.29, 0.717) is 29.0 Å². The molecule has 2 nitrogen and oxygen atoms in total. The summed E-state index contributed by atoms with van der Waals surface area (Å²) in [5.74, 6) is 1.97. The van der Waals surface area contributed by atoms with Crippen LogP contribution in [0.4, 0.5) is 0 Å².